The zero-order valence-corrected chi connectivity index (χ0v) is 12.7. The molecule has 104 valence electrons. The van der Waals surface area contributed by atoms with Crippen molar-refractivity contribution in [2.45, 2.75) is 60.4 Å². The van der Waals surface area contributed by atoms with Gasteiger partial charge in [-0.05, 0) is 57.7 Å². The fourth-order valence-electron chi connectivity index (χ4n) is 2.40. The fraction of sp³-hybridized carbons (Fsp3) is 0.800. The number of hydrogen-bond donors (Lipinski definition) is 1. The third-order valence-corrected chi connectivity index (χ3v) is 3.44. The van der Waals surface area contributed by atoms with Crippen LogP contribution in [0.1, 0.15) is 50.6 Å². The third-order valence-electron chi connectivity index (χ3n) is 3.44. The topological polar surface area (TPSA) is 29.9 Å². The lowest BCUT2D eigenvalue weighted by molar-refractivity contribution is 0.508. The molecule has 0 spiro atoms. The summed E-state index contributed by atoms with van der Waals surface area (Å²) in [6.07, 6.45) is 3.49. The molecule has 1 unspecified atom stereocenters. The van der Waals surface area contributed by atoms with Gasteiger partial charge >= 0.3 is 0 Å². The third kappa shape index (κ3) is 4.13. The summed E-state index contributed by atoms with van der Waals surface area (Å²) >= 11 is 0. The van der Waals surface area contributed by atoms with Crippen LogP contribution in [-0.4, -0.2) is 22.9 Å². The maximum Gasteiger partial charge on any atom is 0.0628 e. The lowest BCUT2D eigenvalue weighted by Gasteiger charge is -2.12. The van der Waals surface area contributed by atoms with E-state index in [1.54, 1.807) is 0 Å². The first-order valence-electron chi connectivity index (χ1n) is 7.33. The molecule has 1 aromatic rings. The summed E-state index contributed by atoms with van der Waals surface area (Å²) in [4.78, 5) is 0. The van der Waals surface area contributed by atoms with Crippen molar-refractivity contribution in [2.75, 3.05) is 13.1 Å². The van der Waals surface area contributed by atoms with Crippen LogP contribution in [0.15, 0.2) is 0 Å². The van der Waals surface area contributed by atoms with Crippen LogP contribution in [0.2, 0.25) is 0 Å². The first-order chi connectivity index (χ1) is 8.60. The summed E-state index contributed by atoms with van der Waals surface area (Å²) in [5.74, 6) is 0.674. The molecule has 1 rings (SSSR count). The molecule has 0 saturated carbocycles. The Bertz CT molecular complexity index is 355. The largest absolute Gasteiger partial charge is 0.316 e. The van der Waals surface area contributed by atoms with E-state index < -0.39 is 0 Å². The van der Waals surface area contributed by atoms with Crippen LogP contribution in [0.3, 0.4) is 0 Å². The number of aryl methyl sites for hydroxylation is 2. The van der Waals surface area contributed by atoms with Gasteiger partial charge in [0.2, 0.25) is 0 Å². The molecule has 18 heavy (non-hydrogen) atoms. The van der Waals surface area contributed by atoms with Gasteiger partial charge in [0.25, 0.3) is 0 Å². The first kappa shape index (κ1) is 15.2. The molecule has 0 aliphatic rings. The van der Waals surface area contributed by atoms with Gasteiger partial charge in [0.05, 0.1) is 5.69 Å². The van der Waals surface area contributed by atoms with Crippen LogP contribution < -0.4 is 5.32 Å². The maximum atomic E-state index is 4.65. The number of aromatic nitrogens is 2. The minimum Gasteiger partial charge on any atom is -0.316 e. The van der Waals surface area contributed by atoms with Gasteiger partial charge in [-0.3, -0.25) is 4.68 Å². The molecular weight excluding hydrogens is 222 g/mol. The highest BCUT2D eigenvalue weighted by molar-refractivity contribution is 5.25. The van der Waals surface area contributed by atoms with Crippen molar-refractivity contribution in [3.8, 4) is 0 Å². The van der Waals surface area contributed by atoms with E-state index in [1.807, 2.05) is 0 Å². The Morgan fingerprint density at radius 2 is 1.94 bits per heavy atom. The average Bonchev–Trinajstić information content (AvgIpc) is 2.58. The fourth-order valence-corrected chi connectivity index (χ4v) is 2.40. The monoisotopic (exact) mass is 251 g/mol. The first-order valence-corrected chi connectivity index (χ1v) is 7.33. The predicted molar refractivity (Wildman–Crippen MR) is 78.0 cm³/mol. The van der Waals surface area contributed by atoms with E-state index in [4.69, 9.17) is 0 Å². The molecule has 0 fully saturated rings. The smallest absolute Gasteiger partial charge is 0.0628 e. The molecule has 0 aliphatic heterocycles. The van der Waals surface area contributed by atoms with E-state index >= 15 is 0 Å². The SMILES string of the molecule is CCCNCC(C)Cc1c(C)nn(CCC)c1C. The van der Waals surface area contributed by atoms with Crippen LogP contribution in [0, 0.1) is 19.8 Å². The van der Waals surface area contributed by atoms with Gasteiger partial charge in [-0.1, -0.05) is 20.8 Å². The molecule has 0 amide bonds. The van der Waals surface area contributed by atoms with Crippen LogP contribution in [-0.2, 0) is 13.0 Å². The molecule has 0 bridgehead atoms. The Morgan fingerprint density at radius 3 is 2.56 bits per heavy atom. The standard InChI is InChI=1S/C15H29N3/c1-6-8-16-11-12(3)10-15-13(4)17-18(9-7-2)14(15)5/h12,16H,6-11H2,1-5H3. The van der Waals surface area contributed by atoms with Gasteiger partial charge in [0.15, 0.2) is 0 Å². The number of rotatable bonds is 8. The van der Waals surface area contributed by atoms with E-state index in [0.29, 0.717) is 5.92 Å². The molecule has 1 heterocycles. The zero-order chi connectivity index (χ0) is 13.5. The summed E-state index contributed by atoms with van der Waals surface area (Å²) in [6.45, 7) is 14.3. The molecule has 1 N–H and O–H groups in total. The van der Waals surface area contributed by atoms with E-state index in [9.17, 15) is 0 Å². The van der Waals surface area contributed by atoms with Crippen molar-refractivity contribution in [1.29, 1.82) is 0 Å². The molecule has 3 heteroatoms. The Hall–Kier alpha value is -0.830. The average molecular weight is 251 g/mol. The van der Waals surface area contributed by atoms with E-state index in [2.05, 4.69) is 49.7 Å². The molecule has 1 atom stereocenters. The van der Waals surface area contributed by atoms with Crippen molar-refractivity contribution < 1.29 is 0 Å². The van der Waals surface area contributed by atoms with Crippen molar-refractivity contribution in [3.63, 3.8) is 0 Å². The van der Waals surface area contributed by atoms with Gasteiger partial charge < -0.3 is 5.32 Å². The molecule has 0 aromatic carbocycles. The lowest BCUT2D eigenvalue weighted by atomic mass is 9.99. The van der Waals surface area contributed by atoms with Crippen molar-refractivity contribution in [2.24, 2.45) is 5.92 Å². The van der Waals surface area contributed by atoms with Crippen molar-refractivity contribution in [1.82, 2.24) is 15.1 Å². The van der Waals surface area contributed by atoms with Gasteiger partial charge in [0, 0.05) is 12.2 Å². The maximum absolute atomic E-state index is 4.65. The minimum absolute atomic E-state index is 0.674. The zero-order valence-electron chi connectivity index (χ0n) is 12.7. The predicted octanol–water partition coefficient (Wildman–Crippen LogP) is 3.09. The van der Waals surface area contributed by atoms with Crippen molar-refractivity contribution in [3.05, 3.63) is 17.0 Å². The highest BCUT2D eigenvalue weighted by Gasteiger charge is 2.13. The lowest BCUT2D eigenvalue weighted by Crippen LogP contribution is -2.23. The normalized spacial score (nSPS) is 12.9. The highest BCUT2D eigenvalue weighted by atomic mass is 15.3. The quantitative estimate of drug-likeness (QED) is 0.720. The van der Waals surface area contributed by atoms with Gasteiger partial charge in [0.1, 0.15) is 0 Å². The second-order valence-electron chi connectivity index (χ2n) is 5.39. The van der Waals surface area contributed by atoms with E-state index in [-0.39, 0.29) is 0 Å². The number of nitrogens with one attached hydrogen (secondary N) is 1. The van der Waals surface area contributed by atoms with Gasteiger partial charge in [-0.25, -0.2) is 0 Å². The summed E-state index contributed by atoms with van der Waals surface area (Å²) in [6, 6.07) is 0. The summed E-state index contributed by atoms with van der Waals surface area (Å²) in [5, 5.41) is 8.14. The highest BCUT2D eigenvalue weighted by Crippen LogP contribution is 2.17. The Kier molecular flexibility index (Phi) is 6.41. The minimum atomic E-state index is 0.674. The Morgan fingerprint density at radius 1 is 1.22 bits per heavy atom. The molecule has 0 saturated heterocycles. The van der Waals surface area contributed by atoms with Crippen LogP contribution in [0.5, 0.6) is 0 Å². The summed E-state index contributed by atoms with van der Waals surface area (Å²) < 4.78 is 2.16. The number of hydrogen-bond acceptors (Lipinski definition) is 2. The van der Waals surface area contributed by atoms with E-state index in [0.717, 1.165) is 32.5 Å². The second kappa shape index (κ2) is 7.57. The second-order valence-corrected chi connectivity index (χ2v) is 5.39. The van der Waals surface area contributed by atoms with Crippen LogP contribution >= 0.6 is 0 Å². The molecule has 0 aliphatic carbocycles. The van der Waals surface area contributed by atoms with Gasteiger partial charge in [-0.2, -0.15) is 5.10 Å². The molecule has 3 nitrogen and oxygen atoms in total. The summed E-state index contributed by atoms with van der Waals surface area (Å²) in [7, 11) is 0. The van der Waals surface area contributed by atoms with Crippen LogP contribution in [0.25, 0.3) is 0 Å². The Labute approximate surface area is 112 Å². The van der Waals surface area contributed by atoms with Gasteiger partial charge in [-0.15, -0.1) is 0 Å². The van der Waals surface area contributed by atoms with Crippen LogP contribution in [0.4, 0.5) is 0 Å². The molecule has 0 radical (unpaired) electrons. The number of nitrogens with zero attached hydrogens (tertiary/aromatic N) is 2. The Balaban J connectivity index is 2.60. The molecular formula is C15H29N3. The molecule has 1 aromatic heterocycles. The summed E-state index contributed by atoms with van der Waals surface area (Å²) in [5.41, 5.74) is 4.02. The van der Waals surface area contributed by atoms with E-state index in [1.165, 1.54) is 23.4 Å². The van der Waals surface area contributed by atoms with Crippen molar-refractivity contribution >= 4 is 0 Å².